The second-order valence-electron chi connectivity index (χ2n) is 6.71. The normalized spacial score (nSPS) is 12.8. The predicted molar refractivity (Wildman–Crippen MR) is 115 cm³/mol. The Kier molecular flexibility index (Phi) is 8.99. The molecule has 0 aliphatic rings. The zero-order valence-electron chi connectivity index (χ0n) is 17.1. The lowest BCUT2D eigenvalue weighted by Crippen LogP contribution is -2.27. The lowest BCUT2D eigenvalue weighted by atomic mass is 10.0. The van der Waals surface area contributed by atoms with E-state index in [4.69, 9.17) is 15.2 Å². The molecule has 6 nitrogen and oxygen atoms in total. The zero-order valence-corrected chi connectivity index (χ0v) is 17.9. The second-order valence-corrected chi connectivity index (χ2v) is 7.75. The first-order valence-electron chi connectivity index (χ1n) is 9.52. The van der Waals surface area contributed by atoms with Gasteiger partial charge in [0.25, 0.3) is 0 Å². The molecule has 2 unspecified atom stereocenters. The number of aromatic nitrogens is 1. The summed E-state index contributed by atoms with van der Waals surface area (Å²) in [5.41, 5.74) is 8.35. The molecule has 1 heterocycles. The van der Waals surface area contributed by atoms with Crippen molar-refractivity contribution in [2.75, 3.05) is 20.0 Å². The first kappa shape index (κ1) is 22.7. The Bertz CT molecular complexity index is 793. The Hall–Kier alpha value is -2.54. The zero-order chi connectivity index (χ0) is 21.2. The van der Waals surface area contributed by atoms with Gasteiger partial charge in [-0.3, -0.25) is 14.6 Å². The number of benzene rings is 1. The number of pyridine rings is 1. The molecule has 7 heteroatoms. The van der Waals surface area contributed by atoms with E-state index in [1.165, 1.54) is 18.9 Å². The molecule has 156 valence electrons. The highest BCUT2D eigenvalue weighted by Crippen LogP contribution is 2.22. The molecular weight excluding hydrogens is 388 g/mol. The van der Waals surface area contributed by atoms with Gasteiger partial charge in [0.15, 0.2) is 0 Å². The van der Waals surface area contributed by atoms with Gasteiger partial charge in [0.1, 0.15) is 5.75 Å². The fraction of sp³-hybridized carbons (Fsp3) is 0.409. The number of primary amides is 1. The molecule has 0 spiro atoms. The second kappa shape index (κ2) is 11.5. The molecule has 29 heavy (non-hydrogen) atoms. The fourth-order valence-electron chi connectivity index (χ4n) is 2.85. The number of carbonyl (C=O) groups is 2. The first-order chi connectivity index (χ1) is 14.0. The lowest BCUT2D eigenvalue weighted by Gasteiger charge is -2.17. The number of ether oxygens (including phenoxy) is 2. The van der Waals surface area contributed by atoms with Crippen LogP contribution in [0.15, 0.2) is 42.6 Å². The summed E-state index contributed by atoms with van der Waals surface area (Å²) in [5, 5.41) is -0.247. The minimum atomic E-state index is -0.315. The number of carbonyl (C=O) groups excluding carboxylic acids is 2. The van der Waals surface area contributed by atoms with E-state index in [2.05, 4.69) is 11.9 Å². The summed E-state index contributed by atoms with van der Waals surface area (Å²) >= 11 is 1.44. The number of hydrogen-bond acceptors (Lipinski definition) is 6. The molecule has 2 aromatic rings. The van der Waals surface area contributed by atoms with Gasteiger partial charge in [-0.05, 0) is 48.4 Å². The largest absolute Gasteiger partial charge is 0.493 e. The van der Waals surface area contributed by atoms with Crippen LogP contribution in [0.25, 0.3) is 0 Å². The van der Waals surface area contributed by atoms with Crippen LogP contribution in [-0.4, -0.2) is 42.1 Å². The van der Waals surface area contributed by atoms with Crippen LogP contribution in [0.3, 0.4) is 0 Å². The highest BCUT2D eigenvalue weighted by Gasteiger charge is 2.19. The van der Waals surface area contributed by atoms with E-state index >= 15 is 0 Å². The van der Waals surface area contributed by atoms with Crippen molar-refractivity contribution in [1.29, 1.82) is 0 Å². The van der Waals surface area contributed by atoms with E-state index in [0.717, 1.165) is 23.2 Å². The number of rotatable bonds is 11. The third-order valence-corrected chi connectivity index (χ3v) is 5.68. The molecule has 0 saturated carbocycles. The quantitative estimate of drug-likeness (QED) is 0.566. The van der Waals surface area contributed by atoms with Gasteiger partial charge in [-0.2, -0.15) is 11.8 Å². The van der Waals surface area contributed by atoms with Crippen LogP contribution in [0.1, 0.15) is 36.1 Å². The monoisotopic (exact) mass is 416 g/mol. The van der Waals surface area contributed by atoms with Crippen molar-refractivity contribution in [3.8, 4) is 5.75 Å². The molecule has 1 aromatic carbocycles. The molecule has 2 N–H and O–H groups in total. The molecule has 2 rings (SSSR count). The van der Waals surface area contributed by atoms with Gasteiger partial charge in [0, 0.05) is 17.8 Å². The predicted octanol–water partition coefficient (Wildman–Crippen LogP) is 3.13. The minimum absolute atomic E-state index is 0.196. The average Bonchev–Trinajstić information content (AvgIpc) is 2.75. The summed E-state index contributed by atoms with van der Waals surface area (Å²) in [4.78, 5) is 27.7. The minimum Gasteiger partial charge on any atom is -0.493 e. The lowest BCUT2D eigenvalue weighted by molar-refractivity contribution is -0.141. The molecule has 0 fully saturated rings. The average molecular weight is 417 g/mol. The van der Waals surface area contributed by atoms with E-state index in [1.807, 2.05) is 48.9 Å². The van der Waals surface area contributed by atoms with Crippen molar-refractivity contribution in [3.63, 3.8) is 0 Å². The van der Waals surface area contributed by atoms with Crippen LogP contribution in [0.5, 0.6) is 5.75 Å². The highest BCUT2D eigenvalue weighted by molar-refractivity contribution is 7.99. The third kappa shape index (κ3) is 7.09. The van der Waals surface area contributed by atoms with Crippen LogP contribution in [-0.2, 0) is 27.2 Å². The molecule has 1 aromatic heterocycles. The van der Waals surface area contributed by atoms with Gasteiger partial charge < -0.3 is 15.2 Å². The number of esters is 1. The van der Waals surface area contributed by atoms with Crippen LogP contribution in [0, 0.1) is 0 Å². The maximum absolute atomic E-state index is 11.8. The van der Waals surface area contributed by atoms with Gasteiger partial charge in [0.2, 0.25) is 5.91 Å². The number of thioether (sulfide) groups is 1. The topological polar surface area (TPSA) is 91.5 Å². The van der Waals surface area contributed by atoms with Crippen LogP contribution >= 0.6 is 11.8 Å². The molecule has 0 aliphatic heterocycles. The van der Waals surface area contributed by atoms with E-state index in [-0.39, 0.29) is 29.5 Å². The molecule has 0 aliphatic carbocycles. The summed E-state index contributed by atoms with van der Waals surface area (Å²) in [7, 11) is 1.38. The van der Waals surface area contributed by atoms with Crippen molar-refractivity contribution in [2.24, 2.45) is 5.73 Å². The van der Waals surface area contributed by atoms with Crippen molar-refractivity contribution >= 4 is 23.6 Å². The maximum atomic E-state index is 11.8. The molecule has 0 radical (unpaired) electrons. The van der Waals surface area contributed by atoms with Crippen molar-refractivity contribution in [3.05, 3.63) is 59.4 Å². The summed E-state index contributed by atoms with van der Waals surface area (Å²) < 4.78 is 10.7. The molecular formula is C22H28N2O4S. The summed E-state index contributed by atoms with van der Waals surface area (Å²) in [6.07, 6.45) is 5.38. The number of nitrogens with zero attached hydrogens (tertiary/aromatic N) is 1. The Morgan fingerprint density at radius 1 is 1.14 bits per heavy atom. The van der Waals surface area contributed by atoms with Gasteiger partial charge in [0.05, 0.1) is 25.4 Å². The van der Waals surface area contributed by atoms with Gasteiger partial charge >= 0.3 is 5.97 Å². The summed E-state index contributed by atoms with van der Waals surface area (Å²) in [5.74, 6) is -0.132. The number of methoxy groups -OCH3 is 1. The van der Waals surface area contributed by atoms with E-state index in [9.17, 15) is 9.59 Å². The van der Waals surface area contributed by atoms with Crippen LogP contribution in [0.4, 0.5) is 0 Å². The Balaban J connectivity index is 2.03. The van der Waals surface area contributed by atoms with Gasteiger partial charge in [-0.25, -0.2) is 0 Å². The van der Waals surface area contributed by atoms with Crippen molar-refractivity contribution < 1.29 is 19.1 Å². The van der Waals surface area contributed by atoms with Crippen LogP contribution in [0.2, 0.25) is 0 Å². The SMILES string of the molecule is CCc1ccc(C(COc2ccc(CC(SC)C(N)=O)cc2)CC(=O)OC)nc1. The van der Waals surface area contributed by atoms with Gasteiger partial charge in [-0.1, -0.05) is 25.1 Å². The molecule has 1 amide bonds. The Morgan fingerprint density at radius 2 is 1.83 bits per heavy atom. The number of hydrogen-bond donors (Lipinski definition) is 1. The van der Waals surface area contributed by atoms with E-state index in [1.54, 1.807) is 0 Å². The Morgan fingerprint density at radius 3 is 2.34 bits per heavy atom. The Labute approximate surface area is 176 Å². The van der Waals surface area contributed by atoms with Crippen molar-refractivity contribution in [2.45, 2.75) is 37.4 Å². The first-order valence-corrected chi connectivity index (χ1v) is 10.8. The number of amides is 1. The number of aryl methyl sites for hydroxylation is 1. The smallest absolute Gasteiger partial charge is 0.306 e. The third-order valence-electron chi connectivity index (χ3n) is 4.71. The molecule has 0 bridgehead atoms. The molecule has 2 atom stereocenters. The highest BCUT2D eigenvalue weighted by atomic mass is 32.2. The fourth-order valence-corrected chi connectivity index (χ4v) is 3.44. The van der Waals surface area contributed by atoms with E-state index < -0.39 is 0 Å². The summed E-state index contributed by atoms with van der Waals surface area (Å²) in [6.45, 7) is 2.38. The van der Waals surface area contributed by atoms with Crippen LogP contribution < -0.4 is 10.5 Å². The van der Waals surface area contributed by atoms with E-state index in [0.29, 0.717) is 18.8 Å². The standard InChI is InChI=1S/C22H28N2O4S/c1-4-15-7-10-19(24-13-15)17(12-21(25)27-2)14-28-18-8-5-16(6-9-18)11-20(29-3)22(23)26/h5-10,13,17,20H,4,11-12,14H2,1-3H3,(H2,23,26). The summed E-state index contributed by atoms with van der Waals surface area (Å²) in [6, 6.07) is 11.5. The maximum Gasteiger partial charge on any atom is 0.306 e. The van der Waals surface area contributed by atoms with Gasteiger partial charge in [-0.15, -0.1) is 0 Å². The molecule has 0 saturated heterocycles. The number of nitrogens with two attached hydrogens (primary N) is 1. The van der Waals surface area contributed by atoms with Crippen molar-refractivity contribution in [1.82, 2.24) is 4.98 Å².